The molecule has 0 radical (unpaired) electrons. The molecule has 1 saturated heterocycles. The maximum atomic E-state index is 16.7. The van der Waals surface area contributed by atoms with E-state index in [9.17, 15) is 19.2 Å². The van der Waals surface area contributed by atoms with Crippen LogP contribution in [0.2, 0.25) is 5.02 Å². The fourth-order valence-corrected chi connectivity index (χ4v) is 6.58. The molecule has 0 saturated carbocycles. The Kier molecular flexibility index (Phi) is 5.40. The highest BCUT2D eigenvalue weighted by molar-refractivity contribution is 6.31. The van der Waals surface area contributed by atoms with Gasteiger partial charge in [-0.1, -0.05) is 32.2 Å². The number of carbonyl (C=O) groups is 4. The first-order valence-electron chi connectivity index (χ1n) is 32.1. The SMILES string of the molecule is [2H]OC(=O)C([2H])([2H])C1([2H])C([2H])([2H])C([2H])([2H])N(C(=O)C([2H])([2H])[C@@]2([2H])O[C@](C)(c3c(C)c(C)c([2H])c(OC([2H])([2H])[2H])c3OC([2H])([2H])[2H])c3c([2H])c(Cl)c(C)c([2H])c3N(C(C)(C)C(C(C([2H])([2H])[2H])C([2H])([2H])[2H])C([2H])(C)OC(=O)C([2H])([2H])C)C2=O)C([2H])(C)C1([2H])[2H]. The number of carbonyl (C=O) groups excluding carboxylic acids is 3. The number of anilines is 1. The Morgan fingerprint density at radius 1 is 1.22 bits per heavy atom. The van der Waals surface area contributed by atoms with Gasteiger partial charge in [0, 0.05) is 78.9 Å². The van der Waals surface area contributed by atoms with Gasteiger partial charge >= 0.3 is 11.9 Å². The number of carboxylic acids is 1. The van der Waals surface area contributed by atoms with E-state index in [-0.39, 0.29) is 11.8 Å². The maximum absolute atomic E-state index is 16.7. The second kappa shape index (κ2) is 17.1. The van der Waals surface area contributed by atoms with Crippen LogP contribution in [0.5, 0.6) is 11.5 Å². The van der Waals surface area contributed by atoms with Crippen LogP contribution in [0.3, 0.4) is 0 Å². The molecule has 1 fully saturated rings. The van der Waals surface area contributed by atoms with E-state index in [1.165, 1.54) is 0 Å². The van der Waals surface area contributed by atoms with Gasteiger partial charge in [0.2, 0.25) is 5.91 Å². The first-order chi connectivity index (χ1) is 38.0. The fraction of sp³-hybridized carbons (Fsp3) is 0.628. The monoisotopic (exact) mass is 817 g/mol. The van der Waals surface area contributed by atoms with Gasteiger partial charge in [0.1, 0.15) is 17.8 Å². The van der Waals surface area contributed by atoms with Crippen LogP contribution in [0.25, 0.3) is 1.43 Å². The quantitative estimate of drug-likeness (QED) is 0.199. The van der Waals surface area contributed by atoms with Crippen LogP contribution in [0.4, 0.5) is 5.69 Å². The number of ether oxygens (including phenoxy) is 4. The van der Waals surface area contributed by atoms with E-state index < -0.39 is 210 Å². The van der Waals surface area contributed by atoms with Crippen molar-refractivity contribution in [3.63, 3.8) is 0 Å². The van der Waals surface area contributed by atoms with Crippen LogP contribution in [0.1, 0.15) is 157 Å². The minimum Gasteiger partial charge on any atom is -0.493 e. The first kappa shape index (κ1) is 17.3. The Morgan fingerprint density at radius 2 is 1.93 bits per heavy atom. The molecule has 4 unspecified atom stereocenters. The molecule has 2 aromatic rings. The van der Waals surface area contributed by atoms with Crippen molar-refractivity contribution in [2.45, 2.75) is 137 Å². The molecular formula is C43H61ClN2O9. The van der Waals surface area contributed by atoms with Gasteiger partial charge in [0.25, 0.3) is 7.34 Å². The molecule has 4 rings (SSSR count). The van der Waals surface area contributed by atoms with Crippen molar-refractivity contribution in [3.05, 3.63) is 51.0 Å². The minimum absolute atomic E-state index is 0.105. The summed E-state index contributed by atoms with van der Waals surface area (Å²) >= 11 is 6.78. The minimum atomic E-state index is -5.15. The molecule has 11 nitrogen and oxygen atoms in total. The molecule has 6 atom stereocenters. The smallest absolute Gasteiger partial charge is 0.305 e. The van der Waals surface area contributed by atoms with Crippen LogP contribution in [0, 0.1) is 38.5 Å². The molecule has 1 N–H and O–H groups in total. The predicted octanol–water partition coefficient (Wildman–Crippen LogP) is 8.16. The number of likely N-dealkylation sites (tertiary alicyclic amines) is 1. The molecule has 2 aliphatic heterocycles. The van der Waals surface area contributed by atoms with E-state index >= 15 is 9.59 Å². The molecule has 2 aromatic carbocycles. The summed E-state index contributed by atoms with van der Waals surface area (Å²) in [5, 5.41) is 2.72. The van der Waals surface area contributed by atoms with Crippen molar-refractivity contribution < 1.29 is 85.7 Å². The van der Waals surface area contributed by atoms with Crippen molar-refractivity contribution in [1.82, 2.24) is 4.90 Å². The molecule has 55 heavy (non-hydrogen) atoms. The van der Waals surface area contributed by atoms with E-state index in [2.05, 4.69) is 5.11 Å². The molecule has 304 valence electrons. The first-order valence-corrected chi connectivity index (χ1v) is 16.6. The zero-order valence-corrected chi connectivity index (χ0v) is 31.9. The molecule has 0 aliphatic carbocycles. The molecule has 12 heteroatoms. The largest absolute Gasteiger partial charge is 0.493 e. The average Bonchev–Trinajstić information content (AvgIpc) is 1.21. The lowest BCUT2D eigenvalue weighted by Gasteiger charge is -2.48. The van der Waals surface area contributed by atoms with Crippen LogP contribution >= 0.6 is 11.6 Å². The van der Waals surface area contributed by atoms with Crippen LogP contribution in [-0.4, -0.2) is 78.1 Å². The highest BCUT2D eigenvalue weighted by Crippen LogP contribution is 2.53. The van der Waals surface area contributed by atoms with Crippen molar-refractivity contribution in [2.75, 3.05) is 25.5 Å². The molecular weight excluding hydrogens is 724 g/mol. The lowest BCUT2D eigenvalue weighted by molar-refractivity contribution is -0.155. The number of hydrogen-bond donors (Lipinski definition) is 1. The Morgan fingerprint density at radius 3 is 2.56 bits per heavy atom. The zero-order chi connectivity index (χ0) is 69.1. The number of piperidine rings is 1. The topological polar surface area (TPSA) is 132 Å². The van der Waals surface area contributed by atoms with Gasteiger partial charge < -0.3 is 33.9 Å². The van der Waals surface area contributed by atoms with E-state index in [4.69, 9.17) is 64.9 Å². The maximum Gasteiger partial charge on any atom is 0.305 e. The molecule has 2 amide bonds. The summed E-state index contributed by atoms with van der Waals surface area (Å²) in [5.74, 6) is -24.0. The Hall–Kier alpha value is -3.83. The summed E-state index contributed by atoms with van der Waals surface area (Å²) in [6.07, 6.45) is -30.9. The second-order valence-corrected chi connectivity index (χ2v) is 13.4. The van der Waals surface area contributed by atoms with E-state index in [0.29, 0.717) is 34.6 Å². The average molecular weight is 818 g/mol. The number of hydrogen-bond acceptors (Lipinski definition) is 9. The summed E-state index contributed by atoms with van der Waals surface area (Å²) in [7, 11) is -7.56. The van der Waals surface area contributed by atoms with Crippen molar-refractivity contribution >= 4 is 41.0 Å². The summed E-state index contributed by atoms with van der Waals surface area (Å²) in [6.45, 7) is -6.78. The molecule has 0 spiro atoms. The second-order valence-electron chi connectivity index (χ2n) is 13.0. The third kappa shape index (κ3) is 8.63. The number of carboxylic acid groups (broad SMARTS) is 1. The lowest BCUT2D eigenvalue weighted by atomic mass is 9.74. The number of rotatable bonds is 13. The van der Waals surface area contributed by atoms with Gasteiger partial charge in [-0.15, -0.1) is 0 Å². The van der Waals surface area contributed by atoms with E-state index in [1.54, 1.807) is 0 Å². The fourth-order valence-electron chi connectivity index (χ4n) is 6.44. The summed E-state index contributed by atoms with van der Waals surface area (Å²) in [5.41, 5.74) is -12.5. The van der Waals surface area contributed by atoms with Gasteiger partial charge in [0.05, 0.1) is 42.6 Å². The third-order valence-electron chi connectivity index (χ3n) is 9.02. The van der Waals surface area contributed by atoms with Gasteiger partial charge in [-0.25, -0.2) is 0 Å². The summed E-state index contributed by atoms with van der Waals surface area (Å²) in [4.78, 5) is 57.8. The Labute approximate surface area is 377 Å². The van der Waals surface area contributed by atoms with Crippen molar-refractivity contribution in [1.29, 1.82) is 1.43 Å². The van der Waals surface area contributed by atoms with Crippen LogP contribution in [-0.2, 0) is 34.3 Å². The van der Waals surface area contributed by atoms with Crippen molar-refractivity contribution in [3.8, 4) is 11.5 Å². The standard InChI is InChI=1S/C43H61ClN2O9/c1-14-37(50)54-28(8)38(23(2)3)42(9,10)46-32-17-25(5)31(44)21-30(32)43(11,39-27(7)24(4)18-33(52-12)40(39)53-13)55-34(41(46)51)22-35(47)45-16-15-29(19-26(45)6)20-36(48)49/h17-18,21,23,26,28-29,34,38H,14-16,19-20,22H2,1-13H3,(H,48,49)/t26?,28?,29?,34-,38?,43+/m1/s1/i2D3,3D3,12D3,13D3,14D2,15D2,16D2,17D,18D,19D2,20D2,21D,22D2,26D,28D,29D,34D/hD. The number of nitrogens with zero attached hydrogens (tertiary/aromatic N) is 2. The Balaban J connectivity index is 2.59. The molecule has 0 bridgehead atoms. The number of fused-ring (bicyclic) bond motifs is 1. The zero-order valence-electron chi connectivity index (χ0n) is 63.1. The number of methoxy groups -OCH3 is 2. The third-order valence-corrected chi connectivity index (χ3v) is 9.39. The van der Waals surface area contributed by atoms with Gasteiger partial charge in [-0.05, 0) is 115 Å². The van der Waals surface area contributed by atoms with Gasteiger partial charge in [-0.2, -0.15) is 0 Å². The number of benzene rings is 2. The highest BCUT2D eigenvalue weighted by Gasteiger charge is 2.53. The number of esters is 1. The number of halogens is 1. The lowest BCUT2D eigenvalue weighted by Crippen LogP contribution is -2.60. The van der Waals surface area contributed by atoms with Gasteiger partial charge in [0.15, 0.2) is 11.5 Å². The number of amides is 2. The predicted molar refractivity (Wildman–Crippen MR) is 213 cm³/mol. The highest BCUT2D eigenvalue weighted by atomic mass is 35.5. The van der Waals surface area contributed by atoms with E-state index in [0.717, 1.165) is 20.8 Å². The molecule has 2 aliphatic rings. The summed E-state index contributed by atoms with van der Waals surface area (Å²) in [6, 6.07) is -7.75. The van der Waals surface area contributed by atoms with Crippen molar-refractivity contribution in [2.24, 2.45) is 17.7 Å². The number of aliphatic carboxylic acids is 1. The van der Waals surface area contributed by atoms with Crippen LogP contribution < -0.4 is 14.4 Å². The normalized spacial score (nSPS) is 40.3. The van der Waals surface area contributed by atoms with E-state index in [1.807, 2.05) is 0 Å². The van der Waals surface area contributed by atoms with Gasteiger partial charge in [-0.3, -0.25) is 19.2 Å². The molecule has 0 aromatic heterocycles. The summed E-state index contributed by atoms with van der Waals surface area (Å²) < 4.78 is 303. The van der Waals surface area contributed by atoms with Crippen LogP contribution in [0.15, 0.2) is 18.1 Å². The molecule has 2 heterocycles. The Bertz CT molecular complexity index is 3090.